The number of benzene rings is 1. The molecule has 0 atom stereocenters. The van der Waals surface area contributed by atoms with E-state index in [1.54, 1.807) is 0 Å². The van der Waals surface area contributed by atoms with E-state index in [2.05, 4.69) is 60.2 Å². The molecule has 2 nitrogen and oxygen atoms in total. The van der Waals surface area contributed by atoms with Gasteiger partial charge in [0, 0.05) is 21.9 Å². The quantitative estimate of drug-likeness (QED) is 0.678. The summed E-state index contributed by atoms with van der Waals surface area (Å²) in [5.41, 5.74) is 2.51. The molecule has 0 aliphatic rings. The SMILES string of the molecule is CCCNCc1cc(COc2ccc(C)cc2Br)c(C)s1. The summed E-state index contributed by atoms with van der Waals surface area (Å²) < 4.78 is 6.95. The van der Waals surface area contributed by atoms with E-state index in [-0.39, 0.29) is 0 Å². The van der Waals surface area contributed by atoms with Gasteiger partial charge >= 0.3 is 0 Å². The van der Waals surface area contributed by atoms with Crippen LogP contribution >= 0.6 is 27.3 Å². The van der Waals surface area contributed by atoms with Crippen molar-refractivity contribution in [3.63, 3.8) is 0 Å². The first-order valence-electron chi connectivity index (χ1n) is 7.28. The predicted octanol–water partition coefficient (Wildman–Crippen LogP) is 5.21. The lowest BCUT2D eigenvalue weighted by molar-refractivity contribution is 0.304. The minimum atomic E-state index is 0.623. The Morgan fingerprint density at radius 2 is 2.05 bits per heavy atom. The molecule has 2 aromatic rings. The molecule has 2 rings (SSSR count). The Hall–Kier alpha value is -0.840. The van der Waals surface area contributed by atoms with Gasteiger partial charge in [-0.2, -0.15) is 0 Å². The molecule has 0 aliphatic carbocycles. The fraction of sp³-hybridized carbons (Fsp3) is 0.412. The van der Waals surface area contributed by atoms with Crippen LogP contribution in [0.2, 0.25) is 0 Å². The average Bonchev–Trinajstić information content (AvgIpc) is 2.79. The molecule has 1 aromatic heterocycles. The van der Waals surface area contributed by atoms with Crippen molar-refractivity contribution in [2.24, 2.45) is 0 Å². The predicted molar refractivity (Wildman–Crippen MR) is 94.3 cm³/mol. The molecule has 21 heavy (non-hydrogen) atoms. The van der Waals surface area contributed by atoms with Gasteiger partial charge < -0.3 is 10.1 Å². The molecule has 1 N–H and O–H groups in total. The third-order valence-corrected chi connectivity index (χ3v) is 4.98. The van der Waals surface area contributed by atoms with E-state index >= 15 is 0 Å². The van der Waals surface area contributed by atoms with Crippen molar-refractivity contribution in [3.8, 4) is 5.75 Å². The topological polar surface area (TPSA) is 21.3 Å². The molecule has 0 amide bonds. The van der Waals surface area contributed by atoms with E-state index in [0.717, 1.165) is 23.3 Å². The van der Waals surface area contributed by atoms with Crippen molar-refractivity contribution in [1.82, 2.24) is 5.32 Å². The summed E-state index contributed by atoms with van der Waals surface area (Å²) in [4.78, 5) is 2.72. The summed E-state index contributed by atoms with van der Waals surface area (Å²) >= 11 is 5.41. The van der Waals surface area contributed by atoms with Crippen LogP contribution in [0.3, 0.4) is 0 Å². The van der Waals surface area contributed by atoms with Crippen LogP contribution < -0.4 is 10.1 Å². The summed E-state index contributed by atoms with van der Waals surface area (Å²) in [6.07, 6.45) is 1.17. The summed E-state index contributed by atoms with van der Waals surface area (Å²) in [6.45, 7) is 9.07. The fourth-order valence-corrected chi connectivity index (χ4v) is 3.71. The first kappa shape index (κ1) is 16.5. The average molecular weight is 368 g/mol. The Morgan fingerprint density at radius 3 is 2.76 bits per heavy atom. The Labute approximate surface area is 139 Å². The number of ether oxygens (including phenoxy) is 1. The Balaban J connectivity index is 1.96. The number of hydrogen-bond donors (Lipinski definition) is 1. The zero-order chi connectivity index (χ0) is 15.2. The van der Waals surface area contributed by atoms with Crippen molar-refractivity contribution in [2.75, 3.05) is 6.54 Å². The monoisotopic (exact) mass is 367 g/mol. The van der Waals surface area contributed by atoms with E-state index in [9.17, 15) is 0 Å². The third-order valence-electron chi connectivity index (χ3n) is 3.27. The smallest absolute Gasteiger partial charge is 0.134 e. The summed E-state index contributed by atoms with van der Waals surface area (Å²) in [5.74, 6) is 0.900. The second-order valence-corrected chi connectivity index (χ2v) is 7.39. The molecule has 0 fully saturated rings. The zero-order valence-electron chi connectivity index (χ0n) is 12.8. The van der Waals surface area contributed by atoms with Crippen LogP contribution in [-0.2, 0) is 13.2 Å². The van der Waals surface area contributed by atoms with Crippen LogP contribution in [0, 0.1) is 13.8 Å². The maximum atomic E-state index is 5.94. The van der Waals surface area contributed by atoms with Gasteiger partial charge in [0.1, 0.15) is 12.4 Å². The normalized spacial score (nSPS) is 10.9. The highest BCUT2D eigenvalue weighted by Gasteiger charge is 2.07. The van der Waals surface area contributed by atoms with Gasteiger partial charge in [-0.3, -0.25) is 0 Å². The van der Waals surface area contributed by atoms with E-state index in [0.29, 0.717) is 6.61 Å². The van der Waals surface area contributed by atoms with Crippen LogP contribution in [-0.4, -0.2) is 6.54 Å². The highest BCUT2D eigenvalue weighted by atomic mass is 79.9. The minimum Gasteiger partial charge on any atom is -0.488 e. The lowest BCUT2D eigenvalue weighted by Crippen LogP contribution is -2.12. The molecule has 0 aliphatic heterocycles. The minimum absolute atomic E-state index is 0.623. The van der Waals surface area contributed by atoms with Gasteiger partial charge in [0.2, 0.25) is 0 Å². The van der Waals surface area contributed by atoms with Crippen LogP contribution in [0.5, 0.6) is 5.75 Å². The molecule has 4 heteroatoms. The van der Waals surface area contributed by atoms with Gasteiger partial charge in [-0.05, 0) is 66.5 Å². The number of halogens is 1. The van der Waals surface area contributed by atoms with Gasteiger partial charge in [-0.25, -0.2) is 0 Å². The summed E-state index contributed by atoms with van der Waals surface area (Å²) in [5, 5.41) is 3.44. The first-order chi connectivity index (χ1) is 10.1. The van der Waals surface area contributed by atoms with Gasteiger partial charge in [0.25, 0.3) is 0 Å². The van der Waals surface area contributed by atoms with Crippen LogP contribution in [0.4, 0.5) is 0 Å². The van der Waals surface area contributed by atoms with Crippen molar-refractivity contribution in [3.05, 3.63) is 49.6 Å². The van der Waals surface area contributed by atoms with E-state index in [1.165, 1.54) is 27.3 Å². The van der Waals surface area contributed by atoms with Crippen molar-refractivity contribution in [1.29, 1.82) is 0 Å². The third kappa shape index (κ3) is 4.83. The number of thiophene rings is 1. The maximum Gasteiger partial charge on any atom is 0.134 e. The van der Waals surface area contributed by atoms with Gasteiger partial charge in [0.05, 0.1) is 4.47 Å². The molecule has 0 saturated heterocycles. The van der Waals surface area contributed by atoms with Gasteiger partial charge in [-0.1, -0.05) is 13.0 Å². The van der Waals surface area contributed by atoms with Gasteiger partial charge in [0.15, 0.2) is 0 Å². The standard InChI is InChI=1S/C17H22BrNOS/c1-4-7-19-10-15-9-14(13(3)21-15)11-20-17-6-5-12(2)8-16(17)18/h5-6,8-9,19H,4,7,10-11H2,1-3H3. The second-order valence-electron chi connectivity index (χ2n) is 5.19. The molecule has 1 aromatic carbocycles. The highest BCUT2D eigenvalue weighted by molar-refractivity contribution is 9.10. The van der Waals surface area contributed by atoms with Crippen molar-refractivity contribution in [2.45, 2.75) is 40.3 Å². The number of hydrogen-bond acceptors (Lipinski definition) is 3. The Bertz CT molecular complexity index is 594. The first-order valence-corrected chi connectivity index (χ1v) is 8.89. The molecular formula is C17H22BrNOS. The Kier molecular flexibility index (Phi) is 6.27. The molecule has 114 valence electrons. The lowest BCUT2D eigenvalue weighted by atomic mass is 10.2. The summed E-state index contributed by atoms with van der Waals surface area (Å²) in [6, 6.07) is 8.42. The zero-order valence-corrected chi connectivity index (χ0v) is 15.2. The number of aryl methyl sites for hydroxylation is 2. The van der Waals surface area contributed by atoms with Crippen LogP contribution in [0.25, 0.3) is 0 Å². The highest BCUT2D eigenvalue weighted by Crippen LogP contribution is 2.28. The molecule has 0 unspecified atom stereocenters. The van der Waals surface area contributed by atoms with Crippen LogP contribution in [0.1, 0.15) is 34.2 Å². The molecule has 0 saturated carbocycles. The largest absolute Gasteiger partial charge is 0.488 e. The second kappa shape index (κ2) is 7.97. The van der Waals surface area contributed by atoms with Gasteiger partial charge in [-0.15, -0.1) is 11.3 Å². The lowest BCUT2D eigenvalue weighted by Gasteiger charge is -2.08. The molecule has 0 spiro atoms. The summed E-state index contributed by atoms with van der Waals surface area (Å²) in [7, 11) is 0. The van der Waals surface area contributed by atoms with E-state index in [4.69, 9.17) is 4.74 Å². The molecule has 1 heterocycles. The number of rotatable bonds is 7. The van der Waals surface area contributed by atoms with E-state index in [1.807, 2.05) is 17.4 Å². The molecule has 0 radical (unpaired) electrons. The molecular weight excluding hydrogens is 346 g/mol. The fourth-order valence-electron chi connectivity index (χ4n) is 2.08. The van der Waals surface area contributed by atoms with Crippen LogP contribution in [0.15, 0.2) is 28.7 Å². The number of nitrogens with one attached hydrogen (secondary N) is 1. The van der Waals surface area contributed by atoms with Crippen molar-refractivity contribution < 1.29 is 4.74 Å². The van der Waals surface area contributed by atoms with Crippen molar-refractivity contribution >= 4 is 27.3 Å². The van der Waals surface area contributed by atoms with E-state index < -0.39 is 0 Å². The maximum absolute atomic E-state index is 5.94. The molecule has 0 bridgehead atoms. The Morgan fingerprint density at radius 1 is 1.24 bits per heavy atom.